The molecule has 23 heavy (non-hydrogen) atoms. The van der Waals surface area contributed by atoms with E-state index >= 15 is 0 Å². The van der Waals surface area contributed by atoms with Gasteiger partial charge >= 0.3 is 0 Å². The highest BCUT2D eigenvalue weighted by molar-refractivity contribution is 5.33. The second-order valence-electron chi connectivity index (χ2n) is 5.26. The SMILES string of the molecule is C=CC(/C=C\C(C)=C/CC(=C)Cc1cc(F)c(F)cc1F)=C\C. The van der Waals surface area contributed by atoms with Gasteiger partial charge in [0, 0.05) is 6.07 Å². The number of hydrogen-bond acceptors (Lipinski definition) is 0. The van der Waals surface area contributed by atoms with E-state index in [4.69, 9.17) is 0 Å². The largest absolute Gasteiger partial charge is 0.207 e. The van der Waals surface area contributed by atoms with Gasteiger partial charge in [0.15, 0.2) is 11.6 Å². The Morgan fingerprint density at radius 1 is 1.09 bits per heavy atom. The molecular weight excluding hydrogens is 297 g/mol. The summed E-state index contributed by atoms with van der Waals surface area (Å²) in [5.74, 6) is -2.98. The second-order valence-corrected chi connectivity index (χ2v) is 5.26. The van der Waals surface area contributed by atoms with Gasteiger partial charge in [-0.1, -0.05) is 54.7 Å². The topological polar surface area (TPSA) is 0 Å². The lowest BCUT2D eigenvalue weighted by molar-refractivity contribution is 0.491. The van der Waals surface area contributed by atoms with Crippen LogP contribution in [0.1, 0.15) is 25.8 Å². The Hall–Kier alpha value is -2.29. The van der Waals surface area contributed by atoms with Crippen LogP contribution in [0.15, 0.2) is 72.4 Å². The summed E-state index contributed by atoms with van der Waals surface area (Å²) in [5, 5.41) is 0. The van der Waals surface area contributed by atoms with Crippen molar-refractivity contribution in [1.82, 2.24) is 0 Å². The number of benzene rings is 1. The van der Waals surface area contributed by atoms with E-state index in [2.05, 4.69) is 13.2 Å². The maximum atomic E-state index is 13.6. The molecule has 0 saturated heterocycles. The Morgan fingerprint density at radius 3 is 2.35 bits per heavy atom. The summed E-state index contributed by atoms with van der Waals surface area (Å²) in [6.07, 6.45) is 10.2. The lowest BCUT2D eigenvalue weighted by Crippen LogP contribution is -1.97. The first kappa shape index (κ1) is 18.8. The molecule has 1 rings (SSSR count). The number of halogens is 3. The Balaban J connectivity index is 2.69. The summed E-state index contributed by atoms with van der Waals surface area (Å²) in [6.45, 7) is 11.4. The Bertz CT molecular complexity index is 676. The van der Waals surface area contributed by atoms with Crippen molar-refractivity contribution in [3.63, 3.8) is 0 Å². The number of hydrogen-bond donors (Lipinski definition) is 0. The van der Waals surface area contributed by atoms with Crippen LogP contribution in [0.2, 0.25) is 0 Å². The zero-order valence-corrected chi connectivity index (χ0v) is 13.5. The molecule has 0 unspecified atom stereocenters. The molecule has 0 heterocycles. The maximum absolute atomic E-state index is 13.6. The average molecular weight is 318 g/mol. The third kappa shape index (κ3) is 6.15. The van der Waals surface area contributed by atoms with Gasteiger partial charge in [-0.3, -0.25) is 0 Å². The van der Waals surface area contributed by atoms with E-state index in [1.807, 2.05) is 38.2 Å². The molecule has 1 aromatic carbocycles. The van der Waals surface area contributed by atoms with Crippen LogP contribution in [-0.2, 0) is 6.42 Å². The van der Waals surface area contributed by atoms with Crippen molar-refractivity contribution in [3.8, 4) is 0 Å². The molecule has 0 N–H and O–H groups in total. The van der Waals surface area contributed by atoms with Crippen LogP contribution in [0.5, 0.6) is 0 Å². The molecule has 0 nitrogen and oxygen atoms in total. The molecule has 3 heteroatoms. The van der Waals surface area contributed by atoms with E-state index < -0.39 is 17.5 Å². The summed E-state index contributed by atoms with van der Waals surface area (Å²) < 4.78 is 39.6. The van der Waals surface area contributed by atoms with Gasteiger partial charge < -0.3 is 0 Å². The summed E-state index contributed by atoms with van der Waals surface area (Å²) in [5.41, 5.74) is 2.87. The van der Waals surface area contributed by atoms with Crippen molar-refractivity contribution in [3.05, 3.63) is 95.4 Å². The van der Waals surface area contributed by atoms with Crippen LogP contribution in [-0.4, -0.2) is 0 Å². The Kier molecular flexibility index (Phi) is 7.33. The van der Waals surface area contributed by atoms with Gasteiger partial charge in [0.05, 0.1) is 0 Å². The average Bonchev–Trinajstić information content (AvgIpc) is 2.51. The number of rotatable bonds is 7. The standard InChI is InChI=1S/C20H21F3/c1-5-16(6-2)10-9-14(3)7-8-15(4)11-17-12-19(22)20(23)13-18(17)21/h5-7,9-10,12-13H,1,4,8,11H2,2-3H3/b10-9-,14-7-,16-6+. The lowest BCUT2D eigenvalue weighted by Gasteiger charge is -2.06. The van der Waals surface area contributed by atoms with Gasteiger partial charge in [0.2, 0.25) is 0 Å². The summed E-state index contributed by atoms with van der Waals surface area (Å²) in [4.78, 5) is 0. The lowest BCUT2D eigenvalue weighted by atomic mass is 10.0. The van der Waals surface area contributed by atoms with E-state index in [1.165, 1.54) is 0 Å². The summed E-state index contributed by atoms with van der Waals surface area (Å²) >= 11 is 0. The normalized spacial score (nSPS) is 12.7. The fourth-order valence-corrected chi connectivity index (χ4v) is 1.92. The fraction of sp³-hybridized carbons (Fsp3) is 0.200. The van der Waals surface area contributed by atoms with Crippen LogP contribution < -0.4 is 0 Å². The molecule has 0 bridgehead atoms. The van der Waals surface area contributed by atoms with Crippen LogP contribution in [0.4, 0.5) is 13.2 Å². The van der Waals surface area contributed by atoms with E-state index in [9.17, 15) is 13.2 Å². The van der Waals surface area contributed by atoms with Crippen molar-refractivity contribution < 1.29 is 13.2 Å². The molecule has 122 valence electrons. The summed E-state index contributed by atoms with van der Waals surface area (Å²) in [7, 11) is 0. The minimum atomic E-state index is -1.18. The molecule has 0 aliphatic rings. The molecule has 0 aliphatic heterocycles. The smallest absolute Gasteiger partial charge is 0.161 e. The predicted molar refractivity (Wildman–Crippen MR) is 90.6 cm³/mol. The minimum Gasteiger partial charge on any atom is -0.207 e. The van der Waals surface area contributed by atoms with E-state index in [1.54, 1.807) is 6.08 Å². The van der Waals surface area contributed by atoms with Crippen LogP contribution in [0.3, 0.4) is 0 Å². The van der Waals surface area contributed by atoms with Crippen LogP contribution >= 0.6 is 0 Å². The molecule has 0 atom stereocenters. The highest BCUT2D eigenvalue weighted by Gasteiger charge is 2.10. The molecule has 0 aliphatic carbocycles. The van der Waals surface area contributed by atoms with Crippen molar-refractivity contribution in [2.45, 2.75) is 26.7 Å². The quantitative estimate of drug-likeness (QED) is 0.318. The van der Waals surface area contributed by atoms with Gasteiger partial charge in [0.25, 0.3) is 0 Å². The zero-order valence-electron chi connectivity index (χ0n) is 13.5. The predicted octanol–water partition coefficient (Wildman–Crippen LogP) is 6.23. The maximum Gasteiger partial charge on any atom is 0.161 e. The van der Waals surface area contributed by atoms with E-state index in [0.29, 0.717) is 12.5 Å². The molecule has 0 aromatic heterocycles. The first-order valence-electron chi connectivity index (χ1n) is 7.31. The zero-order chi connectivity index (χ0) is 17.4. The third-order valence-corrected chi connectivity index (χ3v) is 3.35. The molecule has 1 aromatic rings. The third-order valence-electron chi connectivity index (χ3n) is 3.35. The molecule has 0 amide bonds. The fourth-order valence-electron chi connectivity index (χ4n) is 1.92. The second kappa shape index (κ2) is 8.99. The van der Waals surface area contributed by atoms with E-state index in [-0.39, 0.29) is 12.0 Å². The van der Waals surface area contributed by atoms with Crippen molar-refractivity contribution in [2.75, 3.05) is 0 Å². The van der Waals surface area contributed by atoms with E-state index in [0.717, 1.165) is 22.8 Å². The van der Waals surface area contributed by atoms with Gasteiger partial charge in [-0.05, 0) is 43.9 Å². The molecular formula is C20H21F3. The first-order valence-corrected chi connectivity index (χ1v) is 7.31. The Morgan fingerprint density at radius 2 is 1.74 bits per heavy atom. The molecule has 0 radical (unpaired) electrons. The van der Waals surface area contributed by atoms with Gasteiger partial charge in [-0.25, -0.2) is 13.2 Å². The van der Waals surface area contributed by atoms with Crippen molar-refractivity contribution in [1.29, 1.82) is 0 Å². The first-order chi connectivity index (χ1) is 10.9. The molecule has 0 spiro atoms. The van der Waals surface area contributed by atoms with Gasteiger partial charge in [-0.2, -0.15) is 0 Å². The van der Waals surface area contributed by atoms with Crippen LogP contribution in [0, 0.1) is 17.5 Å². The summed E-state index contributed by atoms with van der Waals surface area (Å²) in [6, 6.07) is 1.45. The minimum absolute atomic E-state index is 0.110. The van der Waals surface area contributed by atoms with Crippen LogP contribution in [0.25, 0.3) is 0 Å². The Labute approximate surface area is 136 Å². The van der Waals surface area contributed by atoms with Crippen molar-refractivity contribution >= 4 is 0 Å². The van der Waals surface area contributed by atoms with Gasteiger partial charge in [-0.15, -0.1) is 0 Å². The monoisotopic (exact) mass is 318 g/mol. The highest BCUT2D eigenvalue weighted by Crippen LogP contribution is 2.18. The molecule has 0 saturated carbocycles. The van der Waals surface area contributed by atoms with Gasteiger partial charge in [0.1, 0.15) is 5.82 Å². The molecule has 0 fully saturated rings. The highest BCUT2D eigenvalue weighted by atomic mass is 19.2. The number of allylic oxidation sites excluding steroid dienone is 8. The van der Waals surface area contributed by atoms with Crippen molar-refractivity contribution in [2.24, 2.45) is 0 Å².